The molecule has 3 atom stereocenters. The summed E-state index contributed by atoms with van der Waals surface area (Å²) < 4.78 is 0. The smallest absolute Gasteiger partial charge is 0.303 e. The molecule has 8 heteroatoms. The number of nitrogens with one attached hydrogen (secondary N) is 1. The van der Waals surface area contributed by atoms with E-state index in [2.05, 4.69) is 5.32 Å². The Labute approximate surface area is 109 Å². The Morgan fingerprint density at radius 3 is 2.12 bits per heavy atom. The Bertz CT molecular complexity index is 260. The highest BCUT2D eigenvalue weighted by Gasteiger charge is 2.20. The highest BCUT2D eigenvalue weighted by atomic mass is 35.5. The molecule has 0 spiro atoms. The zero-order valence-electron chi connectivity index (χ0n) is 8.97. The number of alkyl halides is 2. The molecule has 4 N–H and O–H groups in total. The minimum Gasteiger partial charge on any atom is -0.481 e. The molecule has 0 aromatic heterocycles. The maximum Gasteiger partial charge on any atom is 0.303 e. The van der Waals surface area contributed by atoms with Crippen LogP contribution in [0.1, 0.15) is 25.7 Å². The van der Waals surface area contributed by atoms with Crippen LogP contribution in [0.3, 0.4) is 0 Å². The molecule has 100 valence electrons. The lowest BCUT2D eigenvalue weighted by molar-refractivity contribution is -0.139. The van der Waals surface area contributed by atoms with Crippen LogP contribution in [0.4, 0.5) is 0 Å². The highest BCUT2D eigenvalue weighted by molar-refractivity contribution is 6.20. The van der Waals surface area contributed by atoms with Gasteiger partial charge in [-0.1, -0.05) is 23.2 Å². The second-order valence-electron chi connectivity index (χ2n) is 3.45. The number of carbonyl (C=O) groups excluding carboxylic acids is 1. The van der Waals surface area contributed by atoms with Crippen molar-refractivity contribution in [3.05, 3.63) is 0 Å². The van der Waals surface area contributed by atoms with Crippen molar-refractivity contribution in [3.8, 4) is 0 Å². The molecule has 17 heavy (non-hydrogen) atoms. The van der Waals surface area contributed by atoms with Gasteiger partial charge in [0.2, 0.25) is 5.91 Å². The highest BCUT2D eigenvalue weighted by Crippen LogP contribution is 2.10. The molecule has 0 radical (unpaired) electrons. The van der Waals surface area contributed by atoms with Crippen molar-refractivity contribution < 1.29 is 24.9 Å². The van der Waals surface area contributed by atoms with Crippen molar-refractivity contribution in [3.63, 3.8) is 0 Å². The summed E-state index contributed by atoms with van der Waals surface area (Å²) in [6.45, 7) is 0. The first-order valence-electron chi connectivity index (χ1n) is 4.98. The van der Waals surface area contributed by atoms with E-state index in [4.69, 9.17) is 38.5 Å². The molecule has 0 rings (SSSR count). The van der Waals surface area contributed by atoms with Crippen molar-refractivity contribution >= 4 is 35.1 Å². The number of carbonyl (C=O) groups is 2. The average Bonchev–Trinajstić information content (AvgIpc) is 2.20. The van der Waals surface area contributed by atoms with Gasteiger partial charge in [0.25, 0.3) is 0 Å². The van der Waals surface area contributed by atoms with E-state index in [1.807, 2.05) is 0 Å². The van der Waals surface area contributed by atoms with Crippen molar-refractivity contribution in [2.45, 2.75) is 42.9 Å². The third-order valence-electron chi connectivity index (χ3n) is 1.96. The number of hydrogen-bond acceptors (Lipinski definition) is 4. The minimum absolute atomic E-state index is 0.148. The Hall–Kier alpha value is -0.560. The average molecular weight is 288 g/mol. The summed E-state index contributed by atoms with van der Waals surface area (Å²) in [5.41, 5.74) is -2.40. The number of carboxylic acids is 1. The predicted molar refractivity (Wildman–Crippen MR) is 61.8 cm³/mol. The fraction of sp³-hybridized carbons (Fsp3) is 0.778. The fourth-order valence-electron chi connectivity index (χ4n) is 1.09. The van der Waals surface area contributed by atoms with Gasteiger partial charge in [-0.15, -0.1) is 0 Å². The molecule has 0 bridgehead atoms. The molecule has 0 aliphatic heterocycles. The van der Waals surface area contributed by atoms with Crippen LogP contribution in [0.2, 0.25) is 0 Å². The maximum absolute atomic E-state index is 11.3. The molecule has 1 amide bonds. The van der Waals surface area contributed by atoms with Gasteiger partial charge in [-0.05, 0) is 12.8 Å². The topological polar surface area (TPSA) is 107 Å². The molecule has 0 saturated carbocycles. The monoisotopic (exact) mass is 287 g/mol. The van der Waals surface area contributed by atoms with Crippen LogP contribution >= 0.6 is 23.2 Å². The quantitative estimate of drug-likeness (QED) is 0.478. The summed E-state index contributed by atoms with van der Waals surface area (Å²) in [4.78, 5) is 21.5. The van der Waals surface area contributed by atoms with E-state index in [0.717, 1.165) is 0 Å². The van der Waals surface area contributed by atoms with Crippen LogP contribution in [-0.4, -0.2) is 44.4 Å². The maximum atomic E-state index is 11.3. The summed E-state index contributed by atoms with van der Waals surface area (Å²) in [5.74, 6) is -1.61. The van der Waals surface area contributed by atoms with Crippen molar-refractivity contribution in [1.29, 1.82) is 0 Å². The summed E-state index contributed by atoms with van der Waals surface area (Å²) >= 11 is 10.7. The Balaban J connectivity index is 4.06. The Morgan fingerprint density at radius 2 is 1.71 bits per heavy atom. The van der Waals surface area contributed by atoms with Crippen LogP contribution < -0.4 is 5.32 Å². The zero-order chi connectivity index (χ0) is 13.4. The molecule has 0 aromatic rings. The molecule has 0 heterocycles. The summed E-state index contributed by atoms with van der Waals surface area (Å²) in [6.07, 6.45) is -0.155. The summed E-state index contributed by atoms with van der Waals surface area (Å²) in [5, 5.41) is 28.8. The number of hydrogen-bond donors (Lipinski definition) is 4. The number of aliphatic hydroxyl groups is 2. The number of aliphatic carboxylic acids is 1. The first-order chi connectivity index (χ1) is 7.82. The standard InChI is InChI=1S/C9H15Cl2NO5/c10-6(13)2-1-5(9(11)17)12-7(14)3-4-8(15)16/h5-6,9,13,17H,1-4H2,(H,12,14)(H,15,16)/t5-,6+,9+/m0/s1. The lowest BCUT2D eigenvalue weighted by atomic mass is 10.1. The van der Waals surface area contributed by atoms with Gasteiger partial charge in [-0.2, -0.15) is 0 Å². The molecule has 0 saturated heterocycles. The third-order valence-corrected chi connectivity index (χ3v) is 2.48. The first kappa shape index (κ1) is 16.4. The summed E-state index contributed by atoms with van der Waals surface area (Å²) in [6, 6.07) is -0.772. The van der Waals surface area contributed by atoms with Crippen molar-refractivity contribution in [2.75, 3.05) is 0 Å². The second-order valence-corrected chi connectivity index (χ2v) is 4.40. The van der Waals surface area contributed by atoms with Gasteiger partial charge in [-0.25, -0.2) is 0 Å². The van der Waals surface area contributed by atoms with Crippen LogP contribution in [-0.2, 0) is 9.59 Å². The Kier molecular flexibility index (Phi) is 8.24. The lowest BCUT2D eigenvalue weighted by Gasteiger charge is -2.20. The van der Waals surface area contributed by atoms with E-state index in [9.17, 15) is 9.59 Å². The molecule has 0 aromatic carbocycles. The van der Waals surface area contributed by atoms with Crippen LogP contribution in [0.15, 0.2) is 0 Å². The normalized spacial score (nSPS) is 16.0. The first-order valence-corrected chi connectivity index (χ1v) is 5.85. The SMILES string of the molecule is O=C(O)CCC(=O)N[C@@H](CC[C@@H](O)Cl)[C@@H](O)Cl. The van der Waals surface area contributed by atoms with Crippen molar-refractivity contribution in [2.24, 2.45) is 0 Å². The van der Waals surface area contributed by atoms with Crippen molar-refractivity contribution in [1.82, 2.24) is 5.32 Å². The molecule has 0 unspecified atom stereocenters. The molecular formula is C9H15Cl2NO5. The molecule has 0 fully saturated rings. The van der Waals surface area contributed by atoms with E-state index in [-0.39, 0.29) is 25.7 Å². The zero-order valence-corrected chi connectivity index (χ0v) is 10.5. The molecule has 0 aliphatic rings. The molecule has 0 aliphatic carbocycles. The number of rotatable bonds is 8. The summed E-state index contributed by atoms with van der Waals surface area (Å²) in [7, 11) is 0. The minimum atomic E-state index is -1.32. The van der Waals surface area contributed by atoms with Gasteiger partial charge >= 0.3 is 5.97 Å². The Morgan fingerprint density at radius 1 is 1.12 bits per heavy atom. The van der Waals surface area contributed by atoms with Crippen LogP contribution in [0, 0.1) is 0 Å². The predicted octanol–water partition coefficient (Wildman–Crippen LogP) is 0.231. The molecular weight excluding hydrogens is 273 g/mol. The largest absolute Gasteiger partial charge is 0.481 e. The van der Waals surface area contributed by atoms with E-state index in [1.165, 1.54) is 0 Å². The van der Waals surface area contributed by atoms with Crippen LogP contribution in [0.25, 0.3) is 0 Å². The number of amides is 1. The van der Waals surface area contributed by atoms with Crippen LogP contribution in [0.5, 0.6) is 0 Å². The fourth-order valence-corrected chi connectivity index (χ4v) is 1.41. The third kappa shape index (κ3) is 9.17. The van der Waals surface area contributed by atoms with Gasteiger partial charge in [0.1, 0.15) is 11.1 Å². The van der Waals surface area contributed by atoms with Gasteiger partial charge in [0.15, 0.2) is 0 Å². The lowest BCUT2D eigenvalue weighted by Crippen LogP contribution is -2.41. The van der Waals surface area contributed by atoms with E-state index < -0.39 is 29.0 Å². The van der Waals surface area contributed by atoms with Gasteiger partial charge in [-0.3, -0.25) is 9.59 Å². The van der Waals surface area contributed by atoms with Gasteiger partial charge in [0, 0.05) is 6.42 Å². The second kappa shape index (κ2) is 8.52. The van der Waals surface area contributed by atoms with E-state index >= 15 is 0 Å². The molecule has 6 nitrogen and oxygen atoms in total. The number of halogens is 2. The van der Waals surface area contributed by atoms with E-state index in [0.29, 0.717) is 0 Å². The van der Waals surface area contributed by atoms with Gasteiger partial charge < -0.3 is 20.6 Å². The number of aliphatic hydroxyl groups excluding tert-OH is 2. The number of carboxylic acid groups (broad SMARTS) is 1. The van der Waals surface area contributed by atoms with Gasteiger partial charge in [0.05, 0.1) is 12.5 Å². The van der Waals surface area contributed by atoms with E-state index in [1.54, 1.807) is 0 Å².